The summed E-state index contributed by atoms with van der Waals surface area (Å²) in [4.78, 5) is 19.1. The summed E-state index contributed by atoms with van der Waals surface area (Å²) < 4.78 is 24.8. The zero-order chi connectivity index (χ0) is 18.7. The Morgan fingerprint density at radius 3 is 2.50 bits per heavy atom. The van der Waals surface area contributed by atoms with Gasteiger partial charge in [0.15, 0.2) is 5.78 Å². The average molecular weight is 365 g/mol. The number of sulfonamides is 1. The van der Waals surface area contributed by atoms with E-state index in [9.17, 15) is 13.2 Å². The van der Waals surface area contributed by atoms with E-state index in [-0.39, 0.29) is 5.70 Å². The van der Waals surface area contributed by atoms with E-state index in [4.69, 9.17) is 6.57 Å². The number of hydrogen-bond acceptors (Lipinski definition) is 3. The highest BCUT2D eigenvalue weighted by Gasteiger charge is 2.14. The first-order valence-electron chi connectivity index (χ1n) is 7.65. The van der Waals surface area contributed by atoms with Crippen LogP contribution < -0.4 is 4.72 Å². The number of Topliss-reactive ketones (excluding diaryl/α,β-unsaturated/α-hetero) is 1. The predicted octanol–water partition coefficient (Wildman–Crippen LogP) is 3.68. The Bertz CT molecular complexity index is 1150. The van der Waals surface area contributed by atoms with Crippen molar-refractivity contribution in [2.75, 3.05) is 11.0 Å². The molecule has 0 spiro atoms. The molecule has 7 heteroatoms. The van der Waals surface area contributed by atoms with Gasteiger partial charge in [0.05, 0.1) is 12.8 Å². The van der Waals surface area contributed by atoms with Crippen LogP contribution in [-0.4, -0.2) is 25.4 Å². The second-order valence-electron chi connectivity index (χ2n) is 5.71. The van der Waals surface area contributed by atoms with Crippen LogP contribution in [0.15, 0.2) is 60.4 Å². The molecule has 0 saturated heterocycles. The summed E-state index contributed by atoms with van der Waals surface area (Å²) in [5.41, 5.74) is 2.33. The number of fused-ring (bicyclic) bond motifs is 1. The Morgan fingerprint density at radius 2 is 1.85 bits per heavy atom. The van der Waals surface area contributed by atoms with Crippen LogP contribution >= 0.6 is 0 Å². The van der Waals surface area contributed by atoms with Gasteiger partial charge in [0, 0.05) is 28.4 Å². The number of H-pyrrole nitrogens is 1. The van der Waals surface area contributed by atoms with Crippen LogP contribution in [0.3, 0.4) is 0 Å². The number of carbonyl (C=O) groups is 1. The zero-order valence-corrected chi connectivity index (χ0v) is 14.7. The molecule has 0 bridgehead atoms. The number of carbonyl (C=O) groups excluding carboxylic acids is 1. The molecule has 1 aromatic heterocycles. The van der Waals surface area contributed by atoms with Gasteiger partial charge in [-0.15, -0.1) is 0 Å². The van der Waals surface area contributed by atoms with Crippen LogP contribution in [0.1, 0.15) is 15.9 Å². The minimum atomic E-state index is -3.38. The van der Waals surface area contributed by atoms with Gasteiger partial charge < -0.3 is 9.78 Å². The van der Waals surface area contributed by atoms with Gasteiger partial charge in [-0.1, -0.05) is 30.3 Å². The fourth-order valence-electron chi connectivity index (χ4n) is 2.56. The SMILES string of the molecule is [C-]#[N+]C(=Cc1c[nH]c2ccccc12)C(=O)c1ccc(NS(C)(=O)=O)cc1. The molecule has 0 aliphatic rings. The van der Waals surface area contributed by atoms with Crippen LogP contribution in [0.25, 0.3) is 21.8 Å². The minimum absolute atomic E-state index is 0.0152. The van der Waals surface area contributed by atoms with E-state index in [0.29, 0.717) is 11.3 Å². The lowest BCUT2D eigenvalue weighted by Gasteiger charge is -2.05. The maximum atomic E-state index is 12.6. The van der Waals surface area contributed by atoms with Crippen molar-refractivity contribution in [3.05, 3.63) is 83.0 Å². The Kier molecular flexibility index (Phi) is 4.61. The molecule has 0 fully saturated rings. The Hall–Kier alpha value is -3.37. The van der Waals surface area contributed by atoms with Crippen molar-refractivity contribution < 1.29 is 13.2 Å². The standard InChI is InChI=1S/C19H15N3O3S/c1-20-18(11-14-12-21-17-6-4-3-5-16(14)17)19(23)13-7-9-15(10-8-13)22-26(2,24)25/h3-12,21-22H,2H3. The second kappa shape index (κ2) is 6.86. The van der Waals surface area contributed by atoms with Crippen molar-refractivity contribution >= 4 is 38.5 Å². The van der Waals surface area contributed by atoms with E-state index < -0.39 is 15.8 Å². The van der Waals surface area contributed by atoms with E-state index in [1.54, 1.807) is 12.3 Å². The Balaban J connectivity index is 1.91. The molecule has 6 nitrogen and oxygen atoms in total. The highest BCUT2D eigenvalue weighted by Crippen LogP contribution is 2.22. The van der Waals surface area contributed by atoms with Crippen molar-refractivity contribution in [1.82, 2.24) is 4.98 Å². The first-order chi connectivity index (χ1) is 12.4. The van der Waals surface area contributed by atoms with Gasteiger partial charge >= 0.3 is 0 Å². The number of allylic oxidation sites excluding steroid dienone is 1. The third-order valence-corrected chi connectivity index (χ3v) is 4.32. The smallest absolute Gasteiger partial charge is 0.234 e. The fourth-order valence-corrected chi connectivity index (χ4v) is 3.13. The van der Waals surface area contributed by atoms with Crippen molar-refractivity contribution in [2.45, 2.75) is 0 Å². The average Bonchev–Trinajstić information content (AvgIpc) is 3.01. The van der Waals surface area contributed by atoms with Crippen LogP contribution in [0.4, 0.5) is 5.69 Å². The second-order valence-corrected chi connectivity index (χ2v) is 7.46. The van der Waals surface area contributed by atoms with Crippen LogP contribution in [-0.2, 0) is 10.0 Å². The summed E-state index contributed by atoms with van der Waals surface area (Å²) in [6.45, 7) is 7.34. The number of rotatable bonds is 5. The summed E-state index contributed by atoms with van der Waals surface area (Å²) in [6.07, 6.45) is 4.35. The maximum absolute atomic E-state index is 12.6. The summed E-state index contributed by atoms with van der Waals surface area (Å²) >= 11 is 0. The predicted molar refractivity (Wildman–Crippen MR) is 102 cm³/mol. The van der Waals surface area contributed by atoms with E-state index in [2.05, 4.69) is 14.6 Å². The summed E-state index contributed by atoms with van der Waals surface area (Å²) in [5.74, 6) is -0.420. The largest absolute Gasteiger partial charge is 0.361 e. The Morgan fingerprint density at radius 1 is 1.15 bits per heavy atom. The third kappa shape index (κ3) is 3.82. The quantitative estimate of drug-likeness (QED) is 0.411. The number of para-hydroxylation sites is 1. The molecule has 2 N–H and O–H groups in total. The number of ketones is 1. The summed E-state index contributed by atoms with van der Waals surface area (Å²) in [6, 6.07) is 13.6. The molecule has 130 valence electrons. The molecule has 26 heavy (non-hydrogen) atoms. The summed E-state index contributed by atoms with van der Waals surface area (Å²) in [7, 11) is -3.38. The first kappa shape index (κ1) is 17.5. The molecule has 0 aliphatic heterocycles. The number of hydrogen-bond donors (Lipinski definition) is 2. The molecule has 3 rings (SSSR count). The molecule has 0 aliphatic carbocycles. The molecular weight excluding hydrogens is 350 g/mol. The fraction of sp³-hybridized carbons (Fsp3) is 0.0526. The van der Waals surface area contributed by atoms with E-state index in [0.717, 1.165) is 22.7 Å². The van der Waals surface area contributed by atoms with Gasteiger partial charge in [0.1, 0.15) is 0 Å². The van der Waals surface area contributed by atoms with Crippen molar-refractivity contribution in [3.63, 3.8) is 0 Å². The van der Waals surface area contributed by atoms with Gasteiger partial charge in [-0.05, 0) is 29.8 Å². The maximum Gasteiger partial charge on any atom is 0.234 e. The topological polar surface area (TPSA) is 83.4 Å². The molecule has 0 atom stereocenters. The zero-order valence-electron chi connectivity index (χ0n) is 13.9. The number of benzene rings is 2. The number of anilines is 1. The highest BCUT2D eigenvalue weighted by molar-refractivity contribution is 7.92. The monoisotopic (exact) mass is 365 g/mol. The van der Waals surface area contributed by atoms with Crippen LogP contribution in [0.2, 0.25) is 0 Å². The number of aromatic amines is 1. The van der Waals surface area contributed by atoms with Gasteiger partial charge in [0.25, 0.3) is 0 Å². The van der Waals surface area contributed by atoms with Gasteiger partial charge in [-0.3, -0.25) is 4.72 Å². The molecule has 0 radical (unpaired) electrons. The van der Waals surface area contributed by atoms with Crippen LogP contribution in [0.5, 0.6) is 0 Å². The van der Waals surface area contributed by atoms with Crippen LogP contribution in [0, 0.1) is 6.57 Å². The van der Waals surface area contributed by atoms with Crippen molar-refractivity contribution in [3.8, 4) is 0 Å². The molecule has 3 aromatic rings. The first-order valence-corrected chi connectivity index (χ1v) is 9.54. The van der Waals surface area contributed by atoms with Gasteiger partial charge in [-0.2, -0.15) is 0 Å². The van der Waals surface area contributed by atoms with Gasteiger partial charge in [-0.25, -0.2) is 13.3 Å². The lowest BCUT2D eigenvalue weighted by molar-refractivity contribution is 0.103. The normalized spacial score (nSPS) is 11.9. The lowest BCUT2D eigenvalue weighted by atomic mass is 10.1. The molecular formula is C19H15N3O3S. The summed E-state index contributed by atoms with van der Waals surface area (Å²) in [5, 5.41) is 0.925. The van der Waals surface area contributed by atoms with E-state index >= 15 is 0 Å². The minimum Gasteiger partial charge on any atom is -0.361 e. The van der Waals surface area contributed by atoms with E-state index in [1.165, 1.54) is 24.3 Å². The third-order valence-electron chi connectivity index (χ3n) is 3.72. The molecule has 2 aromatic carbocycles. The van der Waals surface area contributed by atoms with Crippen molar-refractivity contribution in [2.24, 2.45) is 0 Å². The van der Waals surface area contributed by atoms with Gasteiger partial charge in [0.2, 0.25) is 15.7 Å². The number of aromatic nitrogens is 1. The lowest BCUT2D eigenvalue weighted by Crippen LogP contribution is -2.09. The molecule has 0 unspecified atom stereocenters. The van der Waals surface area contributed by atoms with E-state index in [1.807, 2.05) is 24.3 Å². The molecule has 0 amide bonds. The molecule has 1 heterocycles. The highest BCUT2D eigenvalue weighted by atomic mass is 32.2. The molecule has 0 saturated carbocycles. The Labute approximate surface area is 151 Å². The number of nitrogens with zero attached hydrogens (tertiary/aromatic N) is 1. The van der Waals surface area contributed by atoms with Crippen molar-refractivity contribution in [1.29, 1.82) is 0 Å². The number of nitrogens with one attached hydrogen (secondary N) is 2.